The molecule has 6 rings (SSSR count). The van der Waals surface area contributed by atoms with Crippen LogP contribution in [-0.4, -0.2) is 27.0 Å². The average molecular weight is 612 g/mol. The molecule has 208 valence electrons. The molecule has 4 aromatic carbocycles. The fourth-order valence-corrected chi connectivity index (χ4v) is 7.74. The number of aromatic nitrogens is 3. The highest BCUT2D eigenvalue weighted by molar-refractivity contribution is 7.95. The quantitative estimate of drug-likeness (QED) is 0.245. The van der Waals surface area contributed by atoms with E-state index in [0.29, 0.717) is 11.3 Å². The molecule has 0 aliphatic carbocycles. The van der Waals surface area contributed by atoms with Gasteiger partial charge < -0.3 is 0 Å². The third-order valence-electron chi connectivity index (χ3n) is 6.58. The number of nitrogens with two attached hydrogens (primary N) is 1. The van der Waals surface area contributed by atoms with Gasteiger partial charge in [-0.05, 0) is 47.5 Å². The molecule has 0 fully saturated rings. The highest BCUT2D eigenvalue weighted by Gasteiger charge is 2.28. The van der Waals surface area contributed by atoms with Crippen LogP contribution in [0.3, 0.4) is 0 Å². The Morgan fingerprint density at radius 2 is 1.00 bits per heavy atom. The van der Waals surface area contributed by atoms with Crippen LogP contribution in [0.1, 0.15) is 0 Å². The molecule has 0 atom stereocenters. The van der Waals surface area contributed by atoms with Crippen molar-refractivity contribution in [3.05, 3.63) is 127 Å². The van der Waals surface area contributed by atoms with Gasteiger partial charge in [0.2, 0.25) is 35.6 Å². The normalized spacial score (nSPS) is 11.8. The summed E-state index contributed by atoms with van der Waals surface area (Å²) in [6, 6.07) is 40.7. The zero-order chi connectivity index (χ0) is 29.3. The van der Waals surface area contributed by atoms with E-state index in [1.165, 1.54) is 12.1 Å². The largest absolute Gasteiger partial charge is 0.267 e. The number of rotatable bonds is 7. The van der Waals surface area contributed by atoms with E-state index in [1.54, 1.807) is 12.1 Å². The van der Waals surface area contributed by atoms with Crippen LogP contribution in [0.15, 0.2) is 141 Å². The minimum absolute atomic E-state index is 0.0487. The maximum atomic E-state index is 13.3. The van der Waals surface area contributed by atoms with Gasteiger partial charge in [-0.15, -0.1) is 10.2 Å². The highest BCUT2D eigenvalue weighted by atomic mass is 32.3. The summed E-state index contributed by atoms with van der Waals surface area (Å²) in [4.78, 5) is -0.0487. The highest BCUT2D eigenvalue weighted by Crippen LogP contribution is 2.31. The minimum atomic E-state index is -4.18. The lowest BCUT2D eigenvalue weighted by Gasteiger charge is -2.13. The Kier molecular flexibility index (Phi) is 7.25. The molecule has 0 saturated carbocycles. The Labute approximate surface area is 247 Å². The van der Waals surface area contributed by atoms with Gasteiger partial charge in [0.15, 0.2) is 0 Å². The number of hydrogen-bond acceptors (Lipinski definition) is 7. The molecule has 0 aliphatic rings. The van der Waals surface area contributed by atoms with Gasteiger partial charge in [-0.1, -0.05) is 78.1 Å². The summed E-state index contributed by atoms with van der Waals surface area (Å²) in [7, 11) is -8.31. The van der Waals surface area contributed by atoms with Crippen LogP contribution in [-0.2, 0) is 19.9 Å². The molecule has 2 heterocycles. The van der Waals surface area contributed by atoms with Crippen LogP contribution in [0, 0.1) is 0 Å². The van der Waals surface area contributed by atoms with Crippen LogP contribution < -0.4 is 9.71 Å². The Morgan fingerprint density at radius 1 is 0.548 bits per heavy atom. The van der Waals surface area contributed by atoms with Crippen molar-refractivity contribution in [3.8, 4) is 39.3 Å². The van der Waals surface area contributed by atoms with Gasteiger partial charge in [0, 0.05) is 35.4 Å². The van der Waals surface area contributed by atoms with Crippen molar-refractivity contribution in [2.75, 3.05) is 0 Å². The first-order valence-electron chi connectivity index (χ1n) is 12.7. The molecule has 6 aromatic rings. The lowest BCUT2D eigenvalue weighted by atomic mass is 9.98. The zero-order valence-electron chi connectivity index (χ0n) is 21.9. The maximum Gasteiger partial charge on any atom is 0.267 e. The number of hydrogen-bond donors (Lipinski definition) is 1. The van der Waals surface area contributed by atoms with Crippen LogP contribution >= 0.6 is 11.3 Å². The van der Waals surface area contributed by atoms with Gasteiger partial charge in [0.1, 0.15) is 0 Å². The van der Waals surface area contributed by atoms with Gasteiger partial charge in [0.25, 0.3) is 10.0 Å². The summed E-state index contributed by atoms with van der Waals surface area (Å²) in [5.41, 5.74) is 6.61. The second-order valence-corrected chi connectivity index (χ2v) is 14.2. The lowest BCUT2D eigenvalue weighted by molar-refractivity contribution is -0.572. The molecule has 11 heteroatoms. The van der Waals surface area contributed by atoms with Gasteiger partial charge in [-0.25, -0.2) is 22.0 Å². The van der Waals surface area contributed by atoms with Crippen molar-refractivity contribution in [3.63, 3.8) is 0 Å². The maximum absolute atomic E-state index is 13.3. The molecular formula is C31H23N4O4S3+. The molecule has 0 unspecified atom stereocenters. The second kappa shape index (κ2) is 11.0. The molecular weight excluding hydrogens is 589 g/mol. The molecule has 0 spiro atoms. The summed E-state index contributed by atoms with van der Waals surface area (Å²) in [6.45, 7) is 0. The Hall–Kier alpha value is -4.55. The standard InChI is InChI=1S/C31H23N4O4S3/c32-42(38,39)31-34-33-30(40-31)41(36,37)27-18-16-26(17-19-27)35-28(23-12-6-2-7-13-23)20-25(22-10-4-1-5-11-22)21-29(35)24-14-8-3-9-15-24/h1-21H,(H2,32,38,39)/q+1. The van der Waals surface area contributed by atoms with E-state index in [-0.39, 0.29) is 4.90 Å². The molecule has 0 bridgehead atoms. The number of sulfone groups is 1. The average Bonchev–Trinajstić information content (AvgIpc) is 3.55. The Morgan fingerprint density at radius 3 is 1.45 bits per heavy atom. The second-order valence-electron chi connectivity index (χ2n) is 9.32. The molecule has 0 aliphatic heterocycles. The molecule has 2 N–H and O–H groups in total. The predicted octanol–water partition coefficient (Wildman–Crippen LogP) is 5.30. The van der Waals surface area contributed by atoms with Gasteiger partial charge >= 0.3 is 0 Å². The first-order chi connectivity index (χ1) is 20.2. The molecule has 0 amide bonds. The van der Waals surface area contributed by atoms with E-state index in [0.717, 1.165) is 39.3 Å². The van der Waals surface area contributed by atoms with Crippen LogP contribution in [0.4, 0.5) is 0 Å². The van der Waals surface area contributed by atoms with E-state index in [1.807, 2.05) is 78.9 Å². The van der Waals surface area contributed by atoms with Crippen LogP contribution in [0.25, 0.3) is 39.3 Å². The molecule has 8 nitrogen and oxygen atoms in total. The van der Waals surface area contributed by atoms with Crippen molar-refractivity contribution in [2.45, 2.75) is 13.6 Å². The summed E-state index contributed by atoms with van der Waals surface area (Å²) >= 11 is 0.413. The van der Waals surface area contributed by atoms with Gasteiger partial charge in [-0.2, -0.15) is 4.57 Å². The smallest absolute Gasteiger partial charge is 0.223 e. The van der Waals surface area contributed by atoms with Crippen molar-refractivity contribution in [1.29, 1.82) is 0 Å². The molecule has 0 radical (unpaired) electrons. The van der Waals surface area contributed by atoms with Crippen LogP contribution in [0.2, 0.25) is 0 Å². The third-order valence-corrected chi connectivity index (χ3v) is 10.9. The predicted molar refractivity (Wildman–Crippen MR) is 161 cm³/mol. The summed E-state index contributed by atoms with van der Waals surface area (Å²) in [6.07, 6.45) is 0. The summed E-state index contributed by atoms with van der Waals surface area (Å²) in [5.74, 6) is 0. The van der Waals surface area contributed by atoms with Crippen LogP contribution in [0.5, 0.6) is 0 Å². The number of primary sulfonamides is 1. The summed E-state index contributed by atoms with van der Waals surface area (Å²) in [5, 5.41) is 12.1. The number of sulfonamides is 1. The topological polar surface area (TPSA) is 124 Å². The minimum Gasteiger partial charge on any atom is -0.223 e. The molecule has 0 saturated heterocycles. The zero-order valence-corrected chi connectivity index (χ0v) is 24.4. The third kappa shape index (κ3) is 5.38. The molecule has 2 aromatic heterocycles. The van der Waals surface area contributed by atoms with Gasteiger partial charge in [-0.3, -0.25) is 0 Å². The molecule has 42 heavy (non-hydrogen) atoms. The summed E-state index contributed by atoms with van der Waals surface area (Å²) < 4.78 is 50.8. The Bertz CT molecular complexity index is 2040. The van der Waals surface area contributed by atoms with E-state index >= 15 is 0 Å². The van der Waals surface area contributed by atoms with E-state index < -0.39 is 28.5 Å². The number of pyridine rings is 1. The SMILES string of the molecule is NS(=O)(=O)c1nnc(S(=O)(=O)c2ccc(-[n+]3c(-c4ccccc4)cc(-c4ccccc4)cc3-c3ccccc3)cc2)s1. The van der Waals surface area contributed by atoms with E-state index in [2.05, 4.69) is 39.0 Å². The number of benzene rings is 4. The van der Waals surface area contributed by atoms with Crippen molar-refractivity contribution < 1.29 is 21.4 Å². The van der Waals surface area contributed by atoms with Crippen molar-refractivity contribution >= 4 is 31.2 Å². The van der Waals surface area contributed by atoms with E-state index in [9.17, 15) is 16.8 Å². The van der Waals surface area contributed by atoms with E-state index in [4.69, 9.17) is 5.14 Å². The van der Waals surface area contributed by atoms with Crippen molar-refractivity contribution in [2.24, 2.45) is 5.14 Å². The monoisotopic (exact) mass is 611 g/mol. The first kappa shape index (κ1) is 27.6. The number of nitrogens with zero attached hydrogens (tertiary/aromatic N) is 3. The van der Waals surface area contributed by atoms with Crippen molar-refractivity contribution in [1.82, 2.24) is 10.2 Å². The fourth-order valence-electron chi connectivity index (χ4n) is 4.61. The fraction of sp³-hybridized carbons (Fsp3) is 0. The first-order valence-corrected chi connectivity index (χ1v) is 16.5. The van der Waals surface area contributed by atoms with Gasteiger partial charge in [0.05, 0.1) is 4.90 Å². The lowest BCUT2D eigenvalue weighted by Crippen LogP contribution is -2.36. The Balaban J connectivity index is 1.55.